The van der Waals surface area contributed by atoms with E-state index in [9.17, 15) is 45.6 Å². The second-order valence-corrected chi connectivity index (χ2v) is 16.9. The molecule has 9 N–H and O–H groups in total. The Labute approximate surface area is 360 Å². The number of hydrogen-bond acceptors (Lipinski definition) is 13. The molecule has 2 aliphatic rings. The number of carbonyl (C=O) groups excluding carboxylic acids is 1. The maximum absolute atomic E-state index is 13.1. The summed E-state index contributed by atoms with van der Waals surface area (Å²) in [5, 5.41) is 86.3. The molecule has 2 heterocycles. The molecule has 14 heteroatoms. The molecule has 0 aliphatic carbocycles. The Bertz CT molecular complexity index is 1110. The van der Waals surface area contributed by atoms with E-state index < -0.39 is 86.8 Å². The van der Waals surface area contributed by atoms with Crippen molar-refractivity contribution in [1.29, 1.82) is 0 Å². The van der Waals surface area contributed by atoms with Crippen molar-refractivity contribution in [3.05, 3.63) is 24.3 Å². The number of unbranched alkanes of at least 4 members (excludes halogenated alkanes) is 20. The lowest BCUT2D eigenvalue weighted by Gasteiger charge is -2.46. The van der Waals surface area contributed by atoms with Crippen LogP contribution in [0.15, 0.2) is 24.3 Å². The monoisotopic (exact) mass is 860 g/mol. The van der Waals surface area contributed by atoms with Gasteiger partial charge >= 0.3 is 0 Å². The van der Waals surface area contributed by atoms with Crippen LogP contribution in [0.5, 0.6) is 0 Å². The van der Waals surface area contributed by atoms with Crippen molar-refractivity contribution >= 4 is 5.91 Å². The van der Waals surface area contributed by atoms with E-state index in [1.165, 1.54) is 96.3 Å². The Hall–Kier alpha value is -1.53. The molecule has 14 nitrogen and oxygen atoms in total. The summed E-state index contributed by atoms with van der Waals surface area (Å²) in [4.78, 5) is 13.1. The van der Waals surface area contributed by atoms with Crippen LogP contribution in [0.1, 0.15) is 168 Å². The Kier molecular flexibility index (Phi) is 30.9. The molecule has 1 amide bonds. The third-order valence-electron chi connectivity index (χ3n) is 11.6. The van der Waals surface area contributed by atoms with Crippen molar-refractivity contribution in [2.45, 2.75) is 242 Å². The molecule has 0 aromatic carbocycles. The minimum absolute atomic E-state index is 0.251. The normalized spacial score (nSPS) is 28.4. The molecule has 0 aromatic rings. The zero-order valence-corrected chi connectivity index (χ0v) is 36.9. The maximum Gasteiger partial charge on any atom is 0.220 e. The number of nitrogens with one attached hydrogen (secondary N) is 1. The first-order valence-corrected chi connectivity index (χ1v) is 23.6. The molecule has 0 spiro atoms. The van der Waals surface area contributed by atoms with Crippen LogP contribution in [0.25, 0.3) is 0 Å². The largest absolute Gasteiger partial charge is 0.394 e. The first-order valence-electron chi connectivity index (χ1n) is 23.6. The van der Waals surface area contributed by atoms with Gasteiger partial charge < -0.3 is 65.1 Å². The summed E-state index contributed by atoms with van der Waals surface area (Å²) in [5.74, 6) is -0.251. The predicted octanol–water partition coefficient (Wildman–Crippen LogP) is 4.99. The van der Waals surface area contributed by atoms with Crippen molar-refractivity contribution in [3.8, 4) is 0 Å². The zero-order chi connectivity index (χ0) is 44.0. The molecule has 352 valence electrons. The van der Waals surface area contributed by atoms with E-state index in [-0.39, 0.29) is 18.9 Å². The second kappa shape index (κ2) is 34.0. The van der Waals surface area contributed by atoms with E-state index in [0.29, 0.717) is 12.8 Å². The topological polar surface area (TPSA) is 228 Å². The van der Waals surface area contributed by atoms with Crippen LogP contribution in [0, 0.1) is 0 Å². The van der Waals surface area contributed by atoms with Crippen molar-refractivity contribution in [2.24, 2.45) is 0 Å². The van der Waals surface area contributed by atoms with Gasteiger partial charge in [-0.05, 0) is 32.1 Å². The highest BCUT2D eigenvalue weighted by Gasteiger charge is 2.50. The van der Waals surface area contributed by atoms with Gasteiger partial charge in [0.25, 0.3) is 0 Å². The molecule has 0 aromatic heterocycles. The first kappa shape index (κ1) is 54.6. The van der Waals surface area contributed by atoms with Gasteiger partial charge in [-0.25, -0.2) is 0 Å². The highest BCUT2D eigenvalue weighted by Crippen LogP contribution is 2.30. The van der Waals surface area contributed by atoms with Crippen LogP contribution >= 0.6 is 0 Å². The van der Waals surface area contributed by atoms with Gasteiger partial charge in [0.2, 0.25) is 5.91 Å². The lowest BCUT2D eigenvalue weighted by atomic mass is 9.97. The molecule has 0 radical (unpaired) electrons. The average Bonchev–Trinajstić information content (AvgIpc) is 3.24. The number of rotatable bonds is 35. The van der Waals surface area contributed by atoms with E-state index in [1.807, 2.05) is 6.08 Å². The fraction of sp³-hybridized carbons (Fsp3) is 0.891. The first-order chi connectivity index (χ1) is 29.1. The SMILES string of the molecule is CCCCC/C=C/CC/C=C/C(O)C(COC1OC(CO)C(OC2OC(CO)C(O)C(O)C2O)C(O)C1O)NC(=O)CCCCCCCCCCCCCCCCCCC. The average molecular weight is 860 g/mol. The fourth-order valence-electron chi connectivity index (χ4n) is 7.72. The molecule has 2 aliphatic heterocycles. The number of amides is 1. The highest BCUT2D eigenvalue weighted by atomic mass is 16.7. The van der Waals surface area contributed by atoms with E-state index in [1.54, 1.807) is 6.08 Å². The van der Waals surface area contributed by atoms with Gasteiger partial charge in [-0.1, -0.05) is 154 Å². The minimum Gasteiger partial charge on any atom is -0.394 e. The maximum atomic E-state index is 13.1. The lowest BCUT2D eigenvalue weighted by molar-refractivity contribution is -0.359. The number of aliphatic hydroxyl groups excluding tert-OH is 8. The van der Waals surface area contributed by atoms with Gasteiger partial charge in [0.1, 0.15) is 48.8 Å². The third-order valence-corrected chi connectivity index (χ3v) is 11.6. The zero-order valence-electron chi connectivity index (χ0n) is 36.9. The van der Waals surface area contributed by atoms with Crippen molar-refractivity contribution in [2.75, 3.05) is 19.8 Å². The highest BCUT2D eigenvalue weighted by molar-refractivity contribution is 5.76. The van der Waals surface area contributed by atoms with Gasteiger partial charge in [-0.2, -0.15) is 0 Å². The van der Waals surface area contributed by atoms with Crippen LogP contribution in [0.4, 0.5) is 0 Å². The van der Waals surface area contributed by atoms with E-state index in [2.05, 4.69) is 31.3 Å². The van der Waals surface area contributed by atoms with E-state index in [4.69, 9.17) is 18.9 Å². The van der Waals surface area contributed by atoms with Crippen LogP contribution in [-0.4, -0.2) is 140 Å². The molecule has 0 saturated carbocycles. The Morgan fingerprint density at radius 2 is 1.07 bits per heavy atom. The fourth-order valence-corrected chi connectivity index (χ4v) is 7.72. The Morgan fingerprint density at radius 3 is 1.63 bits per heavy atom. The number of ether oxygens (including phenoxy) is 4. The van der Waals surface area contributed by atoms with Gasteiger partial charge in [-0.15, -0.1) is 0 Å². The second-order valence-electron chi connectivity index (χ2n) is 16.9. The molecular formula is C46H85NO13. The molecule has 2 saturated heterocycles. The van der Waals surface area contributed by atoms with Gasteiger partial charge in [0.05, 0.1) is 32.0 Å². The summed E-state index contributed by atoms with van der Waals surface area (Å²) < 4.78 is 22.6. The van der Waals surface area contributed by atoms with Gasteiger partial charge in [0, 0.05) is 6.42 Å². The standard InChI is InChI=1S/C46H85NO13/c1-3-5-7-9-11-13-14-15-16-17-18-19-20-22-24-26-28-30-38(51)47-34(35(50)29-27-25-23-21-12-10-8-6-4-2)33-57-45-43(56)41(54)44(37(32-49)59-45)60-46-42(55)40(53)39(52)36(31-48)58-46/h12,21,27,29,34-37,39-46,48-50,52-56H,3-11,13-20,22-26,28,30-33H2,1-2H3,(H,47,51)/b21-12+,29-27+. The van der Waals surface area contributed by atoms with Crippen LogP contribution in [0.3, 0.4) is 0 Å². The van der Waals surface area contributed by atoms with E-state index in [0.717, 1.165) is 38.5 Å². The van der Waals surface area contributed by atoms with Crippen molar-refractivity contribution in [3.63, 3.8) is 0 Å². The van der Waals surface area contributed by atoms with Crippen molar-refractivity contribution < 1.29 is 64.6 Å². The number of aliphatic hydroxyl groups is 8. The summed E-state index contributed by atoms with van der Waals surface area (Å²) >= 11 is 0. The van der Waals surface area contributed by atoms with Crippen LogP contribution in [0.2, 0.25) is 0 Å². The third kappa shape index (κ3) is 21.7. The van der Waals surface area contributed by atoms with E-state index >= 15 is 0 Å². The molecule has 2 fully saturated rings. The molecular weight excluding hydrogens is 774 g/mol. The molecule has 12 unspecified atom stereocenters. The molecule has 60 heavy (non-hydrogen) atoms. The minimum atomic E-state index is -1.79. The van der Waals surface area contributed by atoms with Crippen LogP contribution < -0.4 is 5.32 Å². The lowest BCUT2D eigenvalue weighted by Crippen LogP contribution is -2.65. The Balaban J connectivity index is 1.85. The van der Waals surface area contributed by atoms with Gasteiger partial charge in [-0.3, -0.25) is 4.79 Å². The van der Waals surface area contributed by atoms with Crippen molar-refractivity contribution in [1.82, 2.24) is 5.32 Å². The summed E-state index contributed by atoms with van der Waals surface area (Å²) in [5.41, 5.74) is 0. The predicted molar refractivity (Wildman–Crippen MR) is 231 cm³/mol. The molecule has 12 atom stereocenters. The quantitative estimate of drug-likeness (QED) is 0.0303. The number of carbonyl (C=O) groups is 1. The summed E-state index contributed by atoms with van der Waals surface area (Å²) in [6.45, 7) is 2.70. The summed E-state index contributed by atoms with van der Waals surface area (Å²) in [6.07, 6.45) is 18.1. The van der Waals surface area contributed by atoms with Gasteiger partial charge in [0.15, 0.2) is 12.6 Å². The smallest absolute Gasteiger partial charge is 0.220 e. The molecule has 2 rings (SSSR count). The van der Waals surface area contributed by atoms with Crippen LogP contribution in [-0.2, 0) is 23.7 Å². The summed E-state index contributed by atoms with van der Waals surface area (Å²) in [7, 11) is 0. The number of hydrogen-bond donors (Lipinski definition) is 9. The molecule has 0 bridgehead atoms. The number of allylic oxidation sites excluding steroid dienone is 3. The summed E-state index contributed by atoms with van der Waals surface area (Å²) in [6, 6.07) is -0.923. The Morgan fingerprint density at radius 1 is 0.583 bits per heavy atom.